The topological polar surface area (TPSA) is 23.5 Å². The van der Waals surface area contributed by atoms with E-state index in [-0.39, 0.29) is 17.0 Å². The summed E-state index contributed by atoms with van der Waals surface area (Å²) in [5.74, 6) is 0.617. The molecule has 1 rings (SSSR count). The van der Waals surface area contributed by atoms with Gasteiger partial charge in [-0.15, -0.1) is 0 Å². The highest BCUT2D eigenvalue weighted by Crippen LogP contribution is 2.43. The summed E-state index contributed by atoms with van der Waals surface area (Å²) in [6, 6.07) is 0. The molecule has 1 fully saturated rings. The molecule has 0 aromatic rings. The van der Waals surface area contributed by atoms with Crippen LogP contribution in [0.2, 0.25) is 0 Å². The first kappa shape index (κ1) is 18.5. The van der Waals surface area contributed by atoms with E-state index in [2.05, 4.69) is 46.1 Å². The van der Waals surface area contributed by atoms with Crippen LogP contribution in [0.15, 0.2) is 12.3 Å². The molecule has 1 aliphatic rings. The summed E-state index contributed by atoms with van der Waals surface area (Å²) < 4.78 is 0. The summed E-state index contributed by atoms with van der Waals surface area (Å²) in [4.78, 5) is 2.67. The minimum Gasteiger partial charge on any atom is -0.513 e. The highest BCUT2D eigenvalue weighted by Gasteiger charge is 2.45. The van der Waals surface area contributed by atoms with Gasteiger partial charge in [0.25, 0.3) is 0 Å². The van der Waals surface area contributed by atoms with Crippen molar-refractivity contribution in [2.75, 3.05) is 6.54 Å². The Bertz CT molecular complexity index is 314. The Hall–Kier alpha value is -0.500. The standard InChI is InChI=1S/C19H37NO/c1-7-8-9-10-11-12-13-20-18(3,4)14-17(16(2)21)15-19(20,5)6/h17,21H,2,7-15H2,1,3-6H3. The molecular formula is C19H37NO. The first-order valence-corrected chi connectivity index (χ1v) is 8.86. The number of hydrogen-bond acceptors (Lipinski definition) is 2. The molecule has 1 aliphatic heterocycles. The van der Waals surface area contributed by atoms with E-state index in [9.17, 15) is 5.11 Å². The van der Waals surface area contributed by atoms with Crippen LogP contribution in [0.5, 0.6) is 0 Å². The highest BCUT2D eigenvalue weighted by molar-refractivity contribution is 5.06. The zero-order valence-electron chi connectivity index (χ0n) is 15.0. The van der Waals surface area contributed by atoms with Crippen molar-refractivity contribution in [1.29, 1.82) is 0 Å². The Kier molecular flexibility index (Phi) is 6.77. The Morgan fingerprint density at radius 2 is 1.48 bits per heavy atom. The smallest absolute Gasteiger partial charge is 0.0883 e. The lowest BCUT2D eigenvalue weighted by Crippen LogP contribution is -2.60. The molecule has 0 bridgehead atoms. The Morgan fingerprint density at radius 3 is 1.95 bits per heavy atom. The average Bonchev–Trinajstić information content (AvgIpc) is 2.34. The second kappa shape index (κ2) is 7.67. The van der Waals surface area contributed by atoms with E-state index in [1.165, 1.54) is 45.1 Å². The number of aliphatic hydroxyl groups is 1. The second-order valence-corrected chi connectivity index (χ2v) is 8.14. The molecule has 0 atom stereocenters. The lowest BCUT2D eigenvalue weighted by molar-refractivity contribution is -0.0513. The monoisotopic (exact) mass is 295 g/mol. The fourth-order valence-corrected chi connectivity index (χ4v) is 4.21. The van der Waals surface area contributed by atoms with E-state index in [0.29, 0.717) is 5.76 Å². The predicted molar refractivity (Wildman–Crippen MR) is 92.7 cm³/mol. The largest absolute Gasteiger partial charge is 0.513 e. The van der Waals surface area contributed by atoms with Gasteiger partial charge in [-0.05, 0) is 53.5 Å². The molecule has 124 valence electrons. The third-order valence-corrected chi connectivity index (χ3v) is 5.16. The summed E-state index contributed by atoms with van der Waals surface area (Å²) in [7, 11) is 0. The van der Waals surface area contributed by atoms with Crippen LogP contribution in [0.25, 0.3) is 0 Å². The maximum Gasteiger partial charge on any atom is 0.0883 e. The maximum absolute atomic E-state index is 9.81. The quantitative estimate of drug-likeness (QED) is 0.459. The molecule has 0 radical (unpaired) electrons. The van der Waals surface area contributed by atoms with Gasteiger partial charge in [-0.1, -0.05) is 45.6 Å². The normalized spacial score (nSPS) is 22.3. The summed E-state index contributed by atoms with van der Waals surface area (Å²) in [6.07, 6.45) is 10.1. The van der Waals surface area contributed by atoms with E-state index in [1.54, 1.807) is 0 Å². The zero-order valence-corrected chi connectivity index (χ0v) is 15.0. The van der Waals surface area contributed by atoms with Crippen LogP contribution in [0.3, 0.4) is 0 Å². The third kappa shape index (κ3) is 5.32. The number of rotatable bonds is 8. The van der Waals surface area contributed by atoms with Gasteiger partial charge < -0.3 is 5.11 Å². The molecule has 21 heavy (non-hydrogen) atoms. The molecular weight excluding hydrogens is 258 g/mol. The van der Waals surface area contributed by atoms with Crippen molar-refractivity contribution in [3.05, 3.63) is 12.3 Å². The highest BCUT2D eigenvalue weighted by atomic mass is 16.3. The van der Waals surface area contributed by atoms with Gasteiger partial charge in [-0.3, -0.25) is 4.90 Å². The van der Waals surface area contributed by atoms with Crippen molar-refractivity contribution < 1.29 is 5.11 Å². The van der Waals surface area contributed by atoms with Gasteiger partial charge >= 0.3 is 0 Å². The molecule has 0 amide bonds. The van der Waals surface area contributed by atoms with Crippen LogP contribution in [0.1, 0.15) is 86.0 Å². The molecule has 1 saturated heterocycles. The fourth-order valence-electron chi connectivity index (χ4n) is 4.21. The van der Waals surface area contributed by atoms with Gasteiger partial charge in [0.05, 0.1) is 5.76 Å². The van der Waals surface area contributed by atoms with Crippen molar-refractivity contribution in [2.24, 2.45) is 5.92 Å². The van der Waals surface area contributed by atoms with Gasteiger partial charge in [0.15, 0.2) is 0 Å². The number of nitrogens with zero attached hydrogens (tertiary/aromatic N) is 1. The van der Waals surface area contributed by atoms with E-state index < -0.39 is 0 Å². The van der Waals surface area contributed by atoms with Crippen LogP contribution in [-0.2, 0) is 0 Å². The van der Waals surface area contributed by atoms with Crippen LogP contribution in [-0.4, -0.2) is 27.6 Å². The van der Waals surface area contributed by atoms with Crippen LogP contribution in [0.4, 0.5) is 0 Å². The van der Waals surface area contributed by atoms with Crippen molar-refractivity contribution >= 4 is 0 Å². The summed E-state index contributed by atoms with van der Waals surface area (Å²) in [5, 5.41) is 9.81. The third-order valence-electron chi connectivity index (χ3n) is 5.16. The van der Waals surface area contributed by atoms with Crippen molar-refractivity contribution in [2.45, 2.75) is 97.1 Å². The lowest BCUT2D eigenvalue weighted by atomic mass is 9.73. The molecule has 0 spiro atoms. The average molecular weight is 296 g/mol. The second-order valence-electron chi connectivity index (χ2n) is 8.14. The van der Waals surface area contributed by atoms with Gasteiger partial charge in [0.1, 0.15) is 0 Å². The number of likely N-dealkylation sites (tertiary alicyclic amines) is 1. The Labute approximate surface area is 132 Å². The molecule has 1 heterocycles. The molecule has 0 saturated carbocycles. The molecule has 0 aromatic carbocycles. The first-order chi connectivity index (χ1) is 9.70. The summed E-state index contributed by atoms with van der Waals surface area (Å²) in [6.45, 7) is 16.5. The first-order valence-electron chi connectivity index (χ1n) is 8.86. The van der Waals surface area contributed by atoms with Crippen molar-refractivity contribution in [3.63, 3.8) is 0 Å². The van der Waals surface area contributed by atoms with E-state index in [0.717, 1.165) is 12.8 Å². The molecule has 2 nitrogen and oxygen atoms in total. The predicted octanol–water partition coefficient (Wildman–Crippen LogP) is 5.69. The Balaban J connectivity index is 2.53. The van der Waals surface area contributed by atoms with Gasteiger partial charge in [0.2, 0.25) is 0 Å². The van der Waals surface area contributed by atoms with Crippen molar-refractivity contribution in [1.82, 2.24) is 4.90 Å². The van der Waals surface area contributed by atoms with Gasteiger partial charge in [0, 0.05) is 17.0 Å². The van der Waals surface area contributed by atoms with Crippen LogP contribution < -0.4 is 0 Å². The summed E-state index contributed by atoms with van der Waals surface area (Å²) >= 11 is 0. The molecule has 0 aliphatic carbocycles. The molecule has 2 heteroatoms. The number of allylic oxidation sites excluding steroid dienone is 1. The number of piperidine rings is 1. The fraction of sp³-hybridized carbons (Fsp3) is 0.895. The molecule has 0 aromatic heterocycles. The number of aliphatic hydroxyl groups excluding tert-OH is 1. The van der Waals surface area contributed by atoms with E-state index >= 15 is 0 Å². The van der Waals surface area contributed by atoms with Crippen molar-refractivity contribution in [3.8, 4) is 0 Å². The molecule has 1 N–H and O–H groups in total. The van der Waals surface area contributed by atoms with Gasteiger partial charge in [-0.2, -0.15) is 0 Å². The lowest BCUT2D eigenvalue weighted by Gasteiger charge is -2.55. The minimum absolute atomic E-state index is 0.140. The summed E-state index contributed by atoms with van der Waals surface area (Å²) in [5.41, 5.74) is 0.281. The number of hydrogen-bond donors (Lipinski definition) is 1. The SMILES string of the molecule is C=C(O)C1CC(C)(C)N(CCCCCCCC)C(C)(C)C1. The van der Waals surface area contributed by atoms with Crippen LogP contribution in [0, 0.1) is 5.92 Å². The number of unbranched alkanes of at least 4 members (excludes halogenated alkanes) is 5. The molecule has 0 unspecified atom stereocenters. The minimum atomic E-state index is 0.140. The zero-order chi connectivity index (χ0) is 16.1. The van der Waals surface area contributed by atoms with E-state index in [1.807, 2.05) is 0 Å². The Morgan fingerprint density at radius 1 is 1.00 bits per heavy atom. The van der Waals surface area contributed by atoms with E-state index in [4.69, 9.17) is 0 Å². The maximum atomic E-state index is 9.81. The van der Waals surface area contributed by atoms with Gasteiger partial charge in [-0.25, -0.2) is 0 Å². The van der Waals surface area contributed by atoms with Crippen LogP contribution >= 0.6 is 0 Å².